The van der Waals surface area contributed by atoms with Crippen LogP contribution in [0, 0.1) is 12.8 Å². The number of hydrogen-bond acceptors (Lipinski definition) is 4. The van der Waals surface area contributed by atoms with Crippen LogP contribution in [0.2, 0.25) is 0 Å². The molecule has 1 unspecified atom stereocenters. The zero-order valence-electron chi connectivity index (χ0n) is 14.4. The fourth-order valence-electron chi connectivity index (χ4n) is 3.31. The van der Waals surface area contributed by atoms with Crippen LogP contribution in [0.4, 0.5) is 0 Å². The molecule has 2 aromatic heterocycles. The third kappa shape index (κ3) is 4.26. The molecule has 1 N–H and O–H groups in total. The van der Waals surface area contributed by atoms with Crippen LogP contribution in [0.5, 0.6) is 0 Å². The van der Waals surface area contributed by atoms with E-state index in [4.69, 9.17) is 0 Å². The number of H-pyrrole nitrogens is 1. The summed E-state index contributed by atoms with van der Waals surface area (Å²) >= 11 is 0. The second-order valence-corrected chi connectivity index (χ2v) is 6.53. The summed E-state index contributed by atoms with van der Waals surface area (Å²) in [6.07, 6.45) is 7.53. The Bertz CT molecular complexity index is 850. The molecule has 0 saturated carbocycles. The molecule has 134 valence electrons. The molecule has 3 heterocycles. The van der Waals surface area contributed by atoms with Gasteiger partial charge in [0.05, 0.1) is 0 Å². The van der Waals surface area contributed by atoms with Crippen LogP contribution in [-0.4, -0.2) is 43.0 Å². The van der Waals surface area contributed by atoms with E-state index in [1.807, 2.05) is 18.0 Å². The Morgan fingerprint density at radius 3 is 2.88 bits per heavy atom. The van der Waals surface area contributed by atoms with Gasteiger partial charge in [-0.15, -0.1) is 0 Å². The smallest absolute Gasteiger partial charge is 0.328 e. The lowest BCUT2D eigenvalue weighted by molar-refractivity contribution is -0.133. The van der Waals surface area contributed by atoms with Crippen molar-refractivity contribution in [2.24, 2.45) is 5.92 Å². The highest BCUT2D eigenvalue weighted by Gasteiger charge is 2.24. The lowest BCUT2D eigenvalue weighted by Crippen LogP contribution is -2.41. The molecular weight excluding hydrogens is 322 g/mol. The summed E-state index contributed by atoms with van der Waals surface area (Å²) < 4.78 is 3.48. The van der Waals surface area contributed by atoms with Crippen molar-refractivity contribution in [3.05, 3.63) is 51.3 Å². The van der Waals surface area contributed by atoms with Gasteiger partial charge in [-0.25, -0.2) is 9.78 Å². The quantitative estimate of drug-likeness (QED) is 0.847. The standard InChI is InChI=1S/C17H23N5O3/c1-13-18-6-10-21(13)11-14-3-2-7-22(12-14)16(24)5-9-20-8-4-15(23)19-17(20)25/h4,6,8,10,14H,2-3,5,7,9,11-12H2,1H3,(H,19,23,25). The van der Waals surface area contributed by atoms with E-state index in [-0.39, 0.29) is 18.9 Å². The average molecular weight is 345 g/mol. The van der Waals surface area contributed by atoms with Crippen molar-refractivity contribution in [3.63, 3.8) is 0 Å². The fourth-order valence-corrected chi connectivity index (χ4v) is 3.31. The van der Waals surface area contributed by atoms with E-state index in [2.05, 4.69) is 14.5 Å². The number of amides is 1. The van der Waals surface area contributed by atoms with Gasteiger partial charge in [-0.1, -0.05) is 0 Å². The monoisotopic (exact) mass is 345 g/mol. The predicted molar refractivity (Wildman–Crippen MR) is 92.2 cm³/mol. The number of nitrogens with one attached hydrogen (secondary N) is 1. The molecule has 1 amide bonds. The van der Waals surface area contributed by atoms with Crippen LogP contribution in [0.1, 0.15) is 25.1 Å². The van der Waals surface area contributed by atoms with E-state index in [0.29, 0.717) is 5.92 Å². The lowest BCUT2D eigenvalue weighted by atomic mass is 9.97. The van der Waals surface area contributed by atoms with E-state index >= 15 is 0 Å². The summed E-state index contributed by atoms with van der Waals surface area (Å²) in [7, 11) is 0. The Hall–Kier alpha value is -2.64. The molecule has 0 aliphatic carbocycles. The van der Waals surface area contributed by atoms with E-state index in [1.54, 1.807) is 6.20 Å². The van der Waals surface area contributed by atoms with Crippen LogP contribution >= 0.6 is 0 Å². The van der Waals surface area contributed by atoms with Gasteiger partial charge in [0.2, 0.25) is 5.91 Å². The number of aromatic nitrogens is 4. The first-order valence-corrected chi connectivity index (χ1v) is 8.58. The Balaban J connectivity index is 1.55. The van der Waals surface area contributed by atoms with Gasteiger partial charge in [0.25, 0.3) is 5.56 Å². The van der Waals surface area contributed by atoms with Crippen molar-refractivity contribution < 1.29 is 4.79 Å². The highest BCUT2D eigenvalue weighted by Crippen LogP contribution is 2.19. The molecule has 1 saturated heterocycles. The largest absolute Gasteiger partial charge is 0.342 e. The first-order chi connectivity index (χ1) is 12.0. The Labute approximate surface area is 145 Å². The maximum Gasteiger partial charge on any atom is 0.328 e. The first kappa shape index (κ1) is 17.2. The number of imidazole rings is 1. The van der Waals surface area contributed by atoms with Crippen molar-refractivity contribution in [2.75, 3.05) is 13.1 Å². The molecule has 1 aliphatic rings. The lowest BCUT2D eigenvalue weighted by Gasteiger charge is -2.33. The minimum Gasteiger partial charge on any atom is -0.342 e. The van der Waals surface area contributed by atoms with Gasteiger partial charge in [0.15, 0.2) is 0 Å². The zero-order chi connectivity index (χ0) is 17.8. The highest BCUT2D eigenvalue weighted by atomic mass is 16.2. The number of aromatic amines is 1. The van der Waals surface area contributed by atoms with Gasteiger partial charge in [0.1, 0.15) is 5.82 Å². The molecular formula is C17H23N5O3. The topological polar surface area (TPSA) is 93.0 Å². The first-order valence-electron chi connectivity index (χ1n) is 8.58. The minimum atomic E-state index is -0.479. The van der Waals surface area contributed by atoms with E-state index in [9.17, 15) is 14.4 Å². The molecule has 0 bridgehead atoms. The van der Waals surface area contributed by atoms with Gasteiger partial charge in [0, 0.05) is 57.3 Å². The van der Waals surface area contributed by atoms with Gasteiger partial charge in [-0.2, -0.15) is 0 Å². The third-order valence-electron chi connectivity index (χ3n) is 4.71. The number of rotatable bonds is 5. The van der Waals surface area contributed by atoms with Crippen LogP contribution in [0.25, 0.3) is 0 Å². The van der Waals surface area contributed by atoms with Gasteiger partial charge in [-0.3, -0.25) is 14.6 Å². The predicted octanol–water partition coefficient (Wildman–Crippen LogP) is 0.370. The second kappa shape index (κ2) is 7.50. The molecule has 1 atom stereocenters. The molecule has 25 heavy (non-hydrogen) atoms. The minimum absolute atomic E-state index is 0.0464. The number of aryl methyl sites for hydroxylation is 2. The van der Waals surface area contributed by atoms with Crippen LogP contribution < -0.4 is 11.2 Å². The van der Waals surface area contributed by atoms with Gasteiger partial charge in [-0.05, 0) is 25.7 Å². The molecule has 1 fully saturated rings. The van der Waals surface area contributed by atoms with E-state index in [1.165, 1.54) is 16.8 Å². The summed E-state index contributed by atoms with van der Waals surface area (Å²) in [5.74, 6) is 1.45. The van der Waals surface area contributed by atoms with Crippen LogP contribution in [-0.2, 0) is 17.9 Å². The van der Waals surface area contributed by atoms with E-state index in [0.717, 1.165) is 38.3 Å². The molecule has 0 spiro atoms. The fraction of sp³-hybridized carbons (Fsp3) is 0.529. The molecule has 0 radical (unpaired) electrons. The summed E-state index contributed by atoms with van der Waals surface area (Å²) in [5.41, 5.74) is -0.909. The van der Waals surface area contributed by atoms with Crippen molar-refractivity contribution in [3.8, 4) is 0 Å². The van der Waals surface area contributed by atoms with Gasteiger partial charge < -0.3 is 14.0 Å². The maximum atomic E-state index is 12.5. The number of carbonyl (C=O) groups is 1. The molecule has 3 rings (SSSR count). The van der Waals surface area contributed by atoms with Crippen molar-refractivity contribution >= 4 is 5.91 Å². The maximum absolute atomic E-state index is 12.5. The molecule has 8 heteroatoms. The molecule has 1 aliphatic heterocycles. The molecule has 2 aromatic rings. The second-order valence-electron chi connectivity index (χ2n) is 6.53. The van der Waals surface area contributed by atoms with E-state index < -0.39 is 11.2 Å². The number of piperidine rings is 1. The molecule has 0 aromatic carbocycles. The third-order valence-corrected chi connectivity index (χ3v) is 4.71. The summed E-state index contributed by atoms with van der Waals surface area (Å²) in [6.45, 7) is 4.62. The Kier molecular flexibility index (Phi) is 5.16. The highest BCUT2D eigenvalue weighted by molar-refractivity contribution is 5.76. The normalized spacial score (nSPS) is 17.6. The number of carbonyl (C=O) groups excluding carboxylic acids is 1. The summed E-state index contributed by atoms with van der Waals surface area (Å²) in [5, 5.41) is 0. The zero-order valence-corrected chi connectivity index (χ0v) is 14.4. The summed E-state index contributed by atoms with van der Waals surface area (Å²) in [4.78, 5) is 43.5. The van der Waals surface area contributed by atoms with Crippen molar-refractivity contribution in [1.82, 2.24) is 24.0 Å². The summed E-state index contributed by atoms with van der Waals surface area (Å²) in [6, 6.07) is 1.29. The number of likely N-dealkylation sites (tertiary alicyclic amines) is 1. The van der Waals surface area contributed by atoms with Crippen LogP contribution in [0.3, 0.4) is 0 Å². The Morgan fingerprint density at radius 1 is 1.32 bits per heavy atom. The van der Waals surface area contributed by atoms with Crippen LogP contribution in [0.15, 0.2) is 34.2 Å². The Morgan fingerprint density at radius 2 is 2.16 bits per heavy atom. The van der Waals surface area contributed by atoms with Crippen molar-refractivity contribution in [2.45, 2.75) is 39.3 Å². The number of nitrogens with zero attached hydrogens (tertiary/aromatic N) is 4. The molecule has 8 nitrogen and oxygen atoms in total. The van der Waals surface area contributed by atoms with Gasteiger partial charge >= 0.3 is 5.69 Å². The average Bonchev–Trinajstić information content (AvgIpc) is 2.99. The number of hydrogen-bond donors (Lipinski definition) is 1. The SMILES string of the molecule is Cc1nccn1CC1CCCN(C(=O)CCn2ccc(=O)[nH]c2=O)C1. The van der Waals surface area contributed by atoms with Crippen molar-refractivity contribution in [1.29, 1.82) is 0 Å².